The minimum absolute atomic E-state index is 0.146. The molecule has 1 N–H and O–H groups in total. The molecular formula is C14H20F2O6S. The van der Waals surface area contributed by atoms with Gasteiger partial charge in [-0.3, -0.25) is 4.55 Å². The Labute approximate surface area is 133 Å². The highest BCUT2D eigenvalue weighted by Crippen LogP contribution is 2.54. The van der Waals surface area contributed by atoms with Crippen molar-refractivity contribution in [2.75, 3.05) is 0 Å². The molecule has 1 heterocycles. The van der Waals surface area contributed by atoms with Crippen LogP contribution in [0.25, 0.3) is 0 Å². The topological polar surface area (TPSA) is 93.2 Å². The SMILES string of the molecule is CC1CCC2CC1C1OC1C(C)(OC(=O)C(F)(F)S(=O)(=O)O)C2. The highest BCUT2D eigenvalue weighted by molar-refractivity contribution is 7.87. The monoisotopic (exact) mass is 354 g/mol. The van der Waals surface area contributed by atoms with Gasteiger partial charge in [0.25, 0.3) is 0 Å². The summed E-state index contributed by atoms with van der Waals surface area (Å²) in [6.07, 6.45) is 2.52. The Bertz CT molecular complexity index is 621. The average molecular weight is 354 g/mol. The number of carbonyl (C=O) groups is 1. The number of ether oxygens (including phenoxy) is 2. The number of rotatable bonds is 3. The summed E-state index contributed by atoms with van der Waals surface area (Å²) in [5, 5.41) is -4.98. The minimum atomic E-state index is -5.87. The number of fused-ring (bicyclic) bond motifs is 4. The average Bonchev–Trinajstić information content (AvgIpc) is 3.19. The van der Waals surface area contributed by atoms with Crippen molar-refractivity contribution < 1.29 is 36.0 Å². The summed E-state index contributed by atoms with van der Waals surface area (Å²) in [5.41, 5.74) is -1.31. The Morgan fingerprint density at radius 1 is 1.39 bits per heavy atom. The lowest BCUT2D eigenvalue weighted by Crippen LogP contribution is -2.47. The lowest BCUT2D eigenvalue weighted by Gasteiger charge is -2.35. The molecule has 0 aromatic carbocycles. The zero-order valence-electron chi connectivity index (χ0n) is 12.9. The van der Waals surface area contributed by atoms with Crippen LogP contribution in [0.4, 0.5) is 8.78 Å². The van der Waals surface area contributed by atoms with Gasteiger partial charge in [0.2, 0.25) is 0 Å². The van der Waals surface area contributed by atoms with Crippen LogP contribution in [0, 0.1) is 17.8 Å². The third kappa shape index (κ3) is 2.76. The van der Waals surface area contributed by atoms with E-state index in [1.165, 1.54) is 6.92 Å². The molecule has 3 aliphatic rings. The third-order valence-corrected chi connectivity index (χ3v) is 6.31. The highest BCUT2D eigenvalue weighted by Gasteiger charge is 2.64. The zero-order chi connectivity index (χ0) is 17.2. The van der Waals surface area contributed by atoms with E-state index in [0.717, 1.165) is 19.3 Å². The minimum Gasteiger partial charge on any atom is -0.451 e. The van der Waals surface area contributed by atoms with Crippen LogP contribution in [0.3, 0.4) is 0 Å². The first-order valence-corrected chi connectivity index (χ1v) is 9.13. The van der Waals surface area contributed by atoms with E-state index in [1.54, 1.807) is 0 Å². The fraction of sp³-hybridized carbons (Fsp3) is 0.929. The van der Waals surface area contributed by atoms with Crippen LogP contribution in [0.5, 0.6) is 0 Å². The number of alkyl halides is 2. The standard InChI is InChI=1S/C14H20F2O6S/c1-7-3-4-8-5-9(7)10-11(21-10)13(2,6-8)22-12(17)14(15,16)23(18,19)20/h7-11H,3-6H2,1-2H3,(H,18,19,20). The quantitative estimate of drug-likeness (QED) is 0.473. The van der Waals surface area contributed by atoms with Crippen molar-refractivity contribution in [3.63, 3.8) is 0 Å². The molecule has 6 atom stereocenters. The zero-order valence-corrected chi connectivity index (χ0v) is 13.7. The molecule has 2 aliphatic carbocycles. The summed E-state index contributed by atoms with van der Waals surface area (Å²) in [4.78, 5) is 11.7. The van der Waals surface area contributed by atoms with Gasteiger partial charge >= 0.3 is 21.3 Å². The number of halogens is 2. The molecule has 0 radical (unpaired) electrons. The van der Waals surface area contributed by atoms with Crippen molar-refractivity contribution >= 4 is 16.1 Å². The molecule has 9 heteroatoms. The van der Waals surface area contributed by atoms with Crippen LogP contribution in [0.15, 0.2) is 0 Å². The predicted octanol–water partition coefficient (Wildman–Crippen LogP) is 1.99. The summed E-state index contributed by atoms with van der Waals surface area (Å²) >= 11 is 0. The maximum atomic E-state index is 13.5. The van der Waals surface area contributed by atoms with Crippen LogP contribution < -0.4 is 0 Å². The van der Waals surface area contributed by atoms with E-state index < -0.39 is 33.0 Å². The second-order valence-electron chi connectivity index (χ2n) is 7.24. The van der Waals surface area contributed by atoms with Gasteiger partial charge < -0.3 is 9.47 Å². The van der Waals surface area contributed by atoms with E-state index >= 15 is 0 Å². The second kappa shape index (κ2) is 5.10. The van der Waals surface area contributed by atoms with Gasteiger partial charge in [-0.25, -0.2) is 4.79 Å². The first-order chi connectivity index (χ1) is 10.5. The molecule has 0 amide bonds. The molecule has 6 nitrogen and oxygen atoms in total. The van der Waals surface area contributed by atoms with E-state index in [-0.39, 0.29) is 12.0 Å². The lowest BCUT2D eigenvalue weighted by atomic mass is 9.73. The van der Waals surface area contributed by atoms with Crippen LogP contribution in [0.2, 0.25) is 0 Å². The van der Waals surface area contributed by atoms with Gasteiger partial charge in [0.05, 0.1) is 6.10 Å². The van der Waals surface area contributed by atoms with Gasteiger partial charge in [-0.1, -0.05) is 19.8 Å². The highest BCUT2D eigenvalue weighted by atomic mass is 32.2. The Hall–Kier alpha value is -0.800. The smallest absolute Gasteiger partial charge is 0.451 e. The predicted molar refractivity (Wildman–Crippen MR) is 74.3 cm³/mol. The van der Waals surface area contributed by atoms with E-state index in [4.69, 9.17) is 14.0 Å². The molecule has 0 spiro atoms. The molecule has 1 saturated heterocycles. The van der Waals surface area contributed by atoms with E-state index in [1.807, 2.05) is 0 Å². The molecule has 2 saturated carbocycles. The number of epoxide rings is 1. The van der Waals surface area contributed by atoms with Crippen molar-refractivity contribution in [3.05, 3.63) is 0 Å². The molecule has 132 valence electrons. The lowest BCUT2D eigenvalue weighted by molar-refractivity contribution is -0.180. The van der Waals surface area contributed by atoms with Crippen molar-refractivity contribution in [2.24, 2.45) is 17.8 Å². The molecule has 3 rings (SSSR count). The van der Waals surface area contributed by atoms with Gasteiger partial charge in [-0.15, -0.1) is 0 Å². The number of carbonyl (C=O) groups excluding carboxylic acids is 1. The maximum Gasteiger partial charge on any atom is 0.465 e. The van der Waals surface area contributed by atoms with Gasteiger partial charge in [0, 0.05) is 0 Å². The number of hydrogen-bond acceptors (Lipinski definition) is 5. The Morgan fingerprint density at radius 2 is 2.04 bits per heavy atom. The van der Waals surface area contributed by atoms with Gasteiger partial charge in [-0.2, -0.15) is 17.2 Å². The molecule has 0 aromatic rings. The molecule has 2 bridgehead atoms. The van der Waals surface area contributed by atoms with Crippen molar-refractivity contribution in [3.8, 4) is 0 Å². The van der Waals surface area contributed by atoms with Crippen molar-refractivity contribution in [1.29, 1.82) is 0 Å². The fourth-order valence-corrected chi connectivity index (χ4v) is 4.45. The fourth-order valence-electron chi connectivity index (χ4n) is 4.20. The first kappa shape index (κ1) is 17.0. The van der Waals surface area contributed by atoms with Crippen molar-refractivity contribution in [2.45, 2.75) is 62.6 Å². The van der Waals surface area contributed by atoms with Crippen LogP contribution in [0.1, 0.15) is 39.5 Å². The van der Waals surface area contributed by atoms with Gasteiger partial charge in [-0.05, 0) is 37.5 Å². The summed E-state index contributed by atoms with van der Waals surface area (Å²) in [7, 11) is -5.87. The first-order valence-electron chi connectivity index (χ1n) is 7.69. The summed E-state index contributed by atoms with van der Waals surface area (Å²) in [5.74, 6) is -1.26. The number of esters is 1. The molecule has 23 heavy (non-hydrogen) atoms. The second-order valence-corrected chi connectivity index (χ2v) is 8.70. The van der Waals surface area contributed by atoms with E-state index in [0.29, 0.717) is 18.3 Å². The van der Waals surface area contributed by atoms with Crippen LogP contribution in [-0.4, -0.2) is 42.0 Å². The van der Waals surface area contributed by atoms with Gasteiger partial charge in [0.15, 0.2) is 0 Å². The van der Waals surface area contributed by atoms with Crippen molar-refractivity contribution in [1.82, 2.24) is 0 Å². The van der Waals surface area contributed by atoms with Crippen LogP contribution >= 0.6 is 0 Å². The Morgan fingerprint density at radius 3 is 2.65 bits per heavy atom. The Kier molecular flexibility index (Phi) is 3.77. The summed E-state index contributed by atoms with van der Waals surface area (Å²) in [6.45, 7) is 3.63. The molecule has 3 fully saturated rings. The largest absolute Gasteiger partial charge is 0.465 e. The van der Waals surface area contributed by atoms with Crippen LogP contribution in [-0.2, 0) is 24.4 Å². The summed E-state index contributed by atoms with van der Waals surface area (Å²) in [6, 6.07) is 0. The van der Waals surface area contributed by atoms with E-state index in [2.05, 4.69) is 6.92 Å². The summed E-state index contributed by atoms with van der Waals surface area (Å²) < 4.78 is 67.4. The van der Waals surface area contributed by atoms with Gasteiger partial charge in [0.1, 0.15) is 11.7 Å². The Balaban J connectivity index is 1.81. The number of hydrogen-bond donors (Lipinski definition) is 1. The van der Waals surface area contributed by atoms with E-state index in [9.17, 15) is 22.0 Å². The molecule has 6 unspecified atom stereocenters. The normalized spacial score (nSPS) is 43.3. The molecule has 0 aromatic heterocycles. The molecule has 1 aliphatic heterocycles. The molecular weight excluding hydrogens is 334 g/mol. The third-order valence-electron chi connectivity index (χ3n) is 5.50. The maximum absolute atomic E-state index is 13.5.